The predicted molar refractivity (Wildman–Crippen MR) is 137 cm³/mol. The third-order valence-corrected chi connectivity index (χ3v) is 5.59. The minimum absolute atomic E-state index is 0.340. The van der Waals surface area contributed by atoms with Crippen LogP contribution in [-0.4, -0.2) is 39.8 Å². The van der Waals surface area contributed by atoms with Gasteiger partial charge in [-0.2, -0.15) is 0 Å². The largest absolute Gasteiger partial charge is 0.494 e. The van der Waals surface area contributed by atoms with Crippen molar-refractivity contribution >= 4 is 34.2 Å². The van der Waals surface area contributed by atoms with Crippen molar-refractivity contribution in [3.8, 4) is 17.1 Å². The highest BCUT2D eigenvalue weighted by atomic mass is 35.5. The van der Waals surface area contributed by atoms with Crippen LogP contribution in [0.25, 0.3) is 22.3 Å². The molecule has 4 rings (SSSR count). The lowest BCUT2D eigenvalue weighted by Crippen LogP contribution is -3.06. The molecule has 35 heavy (non-hydrogen) atoms. The molecule has 0 atom stereocenters. The second-order valence-electron chi connectivity index (χ2n) is 8.35. The van der Waals surface area contributed by atoms with E-state index in [1.807, 2.05) is 69.6 Å². The van der Waals surface area contributed by atoms with Crippen LogP contribution >= 0.6 is 11.6 Å². The Kier molecular flexibility index (Phi) is 7.85. The third kappa shape index (κ3) is 6.29. The van der Waals surface area contributed by atoms with Gasteiger partial charge in [0, 0.05) is 22.0 Å². The molecular weight excluding hydrogens is 464 g/mol. The number of nitrogens with zero attached hydrogens (tertiary/aromatic N) is 1. The molecule has 4 aromatic rings. The highest BCUT2D eigenvalue weighted by Gasteiger charge is 2.10. The van der Waals surface area contributed by atoms with Gasteiger partial charge in [-0.05, 0) is 73.7 Å². The van der Waals surface area contributed by atoms with E-state index in [1.54, 1.807) is 24.3 Å². The number of esters is 1. The topological polar surface area (TPSA) is 65.5 Å². The van der Waals surface area contributed by atoms with Crippen molar-refractivity contribution in [1.82, 2.24) is 0 Å². The summed E-state index contributed by atoms with van der Waals surface area (Å²) >= 11 is 6.06. The Morgan fingerprint density at radius 1 is 1.00 bits per heavy atom. The molecule has 0 fully saturated rings. The van der Waals surface area contributed by atoms with Crippen molar-refractivity contribution in [3.63, 3.8) is 0 Å². The Bertz CT molecular complexity index is 1380. The first kappa shape index (κ1) is 24.5. The molecule has 1 heterocycles. The van der Waals surface area contributed by atoms with Gasteiger partial charge in [-0.15, -0.1) is 0 Å². The monoisotopic (exact) mass is 491 g/mol. The number of ether oxygens (including phenoxy) is 2. The summed E-state index contributed by atoms with van der Waals surface area (Å²) in [6, 6.07) is 22.1. The van der Waals surface area contributed by atoms with Gasteiger partial charge in [0.15, 0.2) is 0 Å². The normalized spacial score (nSPS) is 11.7. The molecular formula is C28H28ClN2O4+. The van der Waals surface area contributed by atoms with Crippen LogP contribution in [0.5, 0.6) is 5.75 Å². The lowest BCUT2D eigenvalue weighted by Gasteiger charge is -2.09. The van der Waals surface area contributed by atoms with Crippen LogP contribution in [0.4, 0.5) is 5.69 Å². The van der Waals surface area contributed by atoms with Gasteiger partial charge in [0.25, 0.3) is 0 Å². The molecule has 180 valence electrons. The van der Waals surface area contributed by atoms with Gasteiger partial charge in [0.1, 0.15) is 30.2 Å². The number of hydrogen-bond donors (Lipinski definition) is 1. The number of likely N-dealkylation sites (N-methyl/N-ethyl adjacent to an activating group) is 1. The highest BCUT2D eigenvalue weighted by molar-refractivity contribution is 6.30. The summed E-state index contributed by atoms with van der Waals surface area (Å²) in [6.07, 6.45) is 0. The standard InChI is InChI=1S/C28H27ClN2O4/c1-4-33-23-13-14-26-24(17-23)25(18-27(35-26)19-5-9-21(29)10-6-19)30-22-11-7-20(8-12-22)28(32)34-16-15-31(2)3/h5-14,17-18H,4,15-16H2,1-3H3/p+1. The third-order valence-electron chi connectivity index (χ3n) is 5.34. The number of fused-ring (bicyclic) bond motifs is 1. The van der Waals surface area contributed by atoms with Crippen molar-refractivity contribution in [3.05, 3.63) is 88.7 Å². The van der Waals surface area contributed by atoms with Gasteiger partial charge < -0.3 is 18.8 Å². The number of quaternary nitrogens is 1. The summed E-state index contributed by atoms with van der Waals surface area (Å²) < 4.78 is 17.2. The molecule has 0 unspecified atom stereocenters. The van der Waals surface area contributed by atoms with Crippen LogP contribution in [-0.2, 0) is 4.74 Å². The lowest BCUT2D eigenvalue weighted by atomic mass is 10.1. The summed E-state index contributed by atoms with van der Waals surface area (Å²) in [5.74, 6) is 1.07. The Hall–Kier alpha value is -3.61. The zero-order chi connectivity index (χ0) is 24.8. The van der Waals surface area contributed by atoms with E-state index < -0.39 is 0 Å². The molecule has 0 aliphatic carbocycles. The van der Waals surface area contributed by atoms with E-state index in [0.717, 1.165) is 28.6 Å². The lowest BCUT2D eigenvalue weighted by molar-refractivity contribution is -0.858. The van der Waals surface area contributed by atoms with E-state index in [-0.39, 0.29) is 5.97 Å². The average molecular weight is 492 g/mol. The maximum Gasteiger partial charge on any atom is 0.338 e. The van der Waals surface area contributed by atoms with E-state index in [1.165, 1.54) is 4.90 Å². The molecule has 1 aromatic heterocycles. The molecule has 0 amide bonds. The maximum atomic E-state index is 12.3. The second-order valence-corrected chi connectivity index (χ2v) is 8.78. The number of rotatable bonds is 8. The minimum atomic E-state index is -0.340. The number of hydrogen-bond acceptors (Lipinski definition) is 5. The summed E-state index contributed by atoms with van der Waals surface area (Å²) in [5.41, 5.74) is 2.77. The van der Waals surface area contributed by atoms with E-state index >= 15 is 0 Å². The van der Waals surface area contributed by atoms with Crippen LogP contribution in [0.15, 0.2) is 82.2 Å². The SMILES string of the molecule is CCOc1ccc2oc(-c3ccc(Cl)cc3)cc(=Nc3ccc(C(=O)OCC[NH+](C)C)cc3)c2c1. The molecule has 0 saturated carbocycles. The molecule has 0 saturated heterocycles. The first-order chi connectivity index (χ1) is 16.9. The van der Waals surface area contributed by atoms with Crippen LogP contribution < -0.4 is 15.0 Å². The van der Waals surface area contributed by atoms with E-state index in [4.69, 9.17) is 30.5 Å². The molecule has 7 heteroatoms. The van der Waals surface area contributed by atoms with Crippen molar-refractivity contribution in [2.45, 2.75) is 6.92 Å². The first-order valence-electron chi connectivity index (χ1n) is 11.5. The minimum Gasteiger partial charge on any atom is -0.494 e. The molecule has 0 aliphatic rings. The molecule has 6 nitrogen and oxygen atoms in total. The van der Waals surface area contributed by atoms with Gasteiger partial charge in [0.2, 0.25) is 0 Å². The van der Waals surface area contributed by atoms with Crippen LogP contribution in [0.1, 0.15) is 17.3 Å². The summed E-state index contributed by atoms with van der Waals surface area (Å²) in [4.78, 5) is 18.4. The van der Waals surface area contributed by atoms with Crippen LogP contribution in [0.2, 0.25) is 5.02 Å². The van der Waals surface area contributed by atoms with E-state index in [0.29, 0.717) is 40.8 Å². The van der Waals surface area contributed by atoms with Crippen molar-refractivity contribution in [1.29, 1.82) is 0 Å². The summed E-state index contributed by atoms with van der Waals surface area (Å²) in [6.45, 7) is 3.64. The number of carbonyl (C=O) groups is 1. The van der Waals surface area contributed by atoms with Gasteiger partial charge in [-0.3, -0.25) is 0 Å². The number of nitrogens with one attached hydrogen (secondary N) is 1. The summed E-state index contributed by atoms with van der Waals surface area (Å²) in [5, 5.41) is 2.20. The zero-order valence-electron chi connectivity index (χ0n) is 20.0. The predicted octanol–water partition coefficient (Wildman–Crippen LogP) is 4.69. The molecule has 0 spiro atoms. The first-order valence-corrected chi connectivity index (χ1v) is 11.9. The Balaban J connectivity index is 1.72. The Morgan fingerprint density at radius 3 is 2.43 bits per heavy atom. The van der Waals surface area contributed by atoms with Gasteiger partial charge in [-0.25, -0.2) is 9.79 Å². The Morgan fingerprint density at radius 2 is 1.74 bits per heavy atom. The fraction of sp³-hybridized carbons (Fsp3) is 0.214. The molecule has 0 aliphatic heterocycles. The van der Waals surface area contributed by atoms with Crippen molar-refractivity contribution < 1.29 is 23.6 Å². The smallest absolute Gasteiger partial charge is 0.338 e. The van der Waals surface area contributed by atoms with Crippen LogP contribution in [0.3, 0.4) is 0 Å². The average Bonchev–Trinajstić information content (AvgIpc) is 2.85. The van der Waals surface area contributed by atoms with E-state index in [9.17, 15) is 4.79 Å². The van der Waals surface area contributed by atoms with Gasteiger partial charge in [-0.1, -0.05) is 11.6 Å². The second kappa shape index (κ2) is 11.2. The molecule has 3 aromatic carbocycles. The van der Waals surface area contributed by atoms with Crippen molar-refractivity contribution in [2.24, 2.45) is 4.99 Å². The zero-order valence-corrected chi connectivity index (χ0v) is 20.8. The quantitative estimate of drug-likeness (QED) is 0.363. The van der Waals surface area contributed by atoms with E-state index in [2.05, 4.69) is 0 Å². The fourth-order valence-electron chi connectivity index (χ4n) is 3.50. The van der Waals surface area contributed by atoms with Crippen LogP contribution in [0, 0.1) is 0 Å². The molecule has 0 bridgehead atoms. The number of halogens is 1. The number of carbonyl (C=O) groups excluding carboxylic acids is 1. The van der Waals surface area contributed by atoms with Gasteiger partial charge >= 0.3 is 5.97 Å². The van der Waals surface area contributed by atoms with Crippen molar-refractivity contribution in [2.75, 3.05) is 33.9 Å². The summed E-state index contributed by atoms with van der Waals surface area (Å²) in [7, 11) is 4.03. The molecule has 0 radical (unpaired) electrons. The fourth-order valence-corrected chi connectivity index (χ4v) is 3.62. The Labute approximate surface area is 209 Å². The number of benzene rings is 3. The van der Waals surface area contributed by atoms with Gasteiger partial charge in [0.05, 0.1) is 37.3 Å². The molecule has 1 N–H and O–H groups in total. The maximum absolute atomic E-state index is 12.3. The highest BCUT2D eigenvalue weighted by Crippen LogP contribution is 2.26.